The van der Waals surface area contributed by atoms with Gasteiger partial charge in [0.05, 0.1) is 19.3 Å². The van der Waals surface area contributed by atoms with Crippen molar-refractivity contribution in [1.82, 2.24) is 10.6 Å². The maximum absolute atomic E-state index is 12.2. The van der Waals surface area contributed by atoms with E-state index in [-0.39, 0.29) is 4.75 Å². The topological polar surface area (TPSA) is 66.0 Å². The Labute approximate surface area is 166 Å². The highest BCUT2D eigenvalue weighted by Crippen LogP contribution is 2.30. The predicted molar refractivity (Wildman–Crippen MR) is 115 cm³/mol. The van der Waals surface area contributed by atoms with Crippen LogP contribution in [-0.4, -0.2) is 60.0 Å². The number of methoxy groups -OCH3 is 1. The fourth-order valence-electron chi connectivity index (χ4n) is 3.05. The summed E-state index contributed by atoms with van der Waals surface area (Å²) in [7, 11) is 0.830. The predicted octanol–water partition coefficient (Wildman–Crippen LogP) is 2.38. The first kappa shape index (κ1) is 21.5. The highest BCUT2D eigenvalue weighted by atomic mass is 32.2. The van der Waals surface area contributed by atoms with Crippen LogP contribution in [-0.2, 0) is 10.8 Å². The van der Waals surface area contributed by atoms with E-state index in [0.717, 1.165) is 43.5 Å². The lowest BCUT2D eigenvalue weighted by Gasteiger charge is -2.22. The fourth-order valence-corrected chi connectivity index (χ4v) is 3.92. The number of benzene rings is 1. The highest BCUT2D eigenvalue weighted by molar-refractivity contribution is 7.86. The molecule has 0 radical (unpaired) electrons. The smallest absolute Gasteiger partial charge is 0.191 e. The molecule has 0 aromatic heterocycles. The summed E-state index contributed by atoms with van der Waals surface area (Å²) in [6.07, 6.45) is 1.04. The third-order valence-corrected chi connectivity index (χ3v) is 6.45. The van der Waals surface area contributed by atoms with Crippen molar-refractivity contribution in [3.63, 3.8) is 0 Å². The molecule has 6 nitrogen and oxygen atoms in total. The zero-order valence-electron chi connectivity index (χ0n) is 17.2. The normalized spacial score (nSPS) is 19.1. The maximum atomic E-state index is 12.2. The van der Waals surface area contributed by atoms with E-state index in [0.29, 0.717) is 18.3 Å². The number of para-hydroxylation sites is 2. The number of hydrogen-bond donors (Lipinski definition) is 2. The number of nitrogens with zero attached hydrogens (tertiary/aromatic N) is 2. The lowest BCUT2D eigenvalue weighted by Crippen LogP contribution is -2.45. The molecule has 2 N–H and O–H groups in total. The fraction of sp³-hybridized carbons (Fsp3) is 0.650. The van der Waals surface area contributed by atoms with E-state index in [2.05, 4.69) is 33.5 Å². The molecule has 0 spiro atoms. The van der Waals surface area contributed by atoms with Crippen molar-refractivity contribution in [3.05, 3.63) is 24.3 Å². The number of hydrogen-bond acceptors (Lipinski definition) is 4. The first-order chi connectivity index (χ1) is 12.8. The van der Waals surface area contributed by atoms with Crippen LogP contribution in [0.15, 0.2) is 29.3 Å². The van der Waals surface area contributed by atoms with Gasteiger partial charge in [-0.15, -0.1) is 0 Å². The second kappa shape index (κ2) is 9.97. The molecule has 0 amide bonds. The molecular weight excluding hydrogens is 360 g/mol. The van der Waals surface area contributed by atoms with Crippen LogP contribution in [0.2, 0.25) is 0 Å². The minimum atomic E-state index is -0.881. The molecule has 1 aromatic carbocycles. The van der Waals surface area contributed by atoms with Gasteiger partial charge < -0.3 is 20.3 Å². The molecule has 0 bridgehead atoms. The largest absolute Gasteiger partial charge is 0.495 e. The van der Waals surface area contributed by atoms with Gasteiger partial charge >= 0.3 is 0 Å². The Balaban J connectivity index is 1.93. The van der Waals surface area contributed by atoms with Gasteiger partial charge in [-0.3, -0.25) is 9.20 Å². The molecular formula is C20H34N4O2S. The van der Waals surface area contributed by atoms with E-state index in [1.165, 1.54) is 0 Å². The molecule has 1 aromatic rings. The Bertz CT molecular complexity index is 658. The van der Waals surface area contributed by atoms with E-state index in [4.69, 9.17) is 4.74 Å². The Morgan fingerprint density at radius 3 is 2.78 bits per heavy atom. The van der Waals surface area contributed by atoms with Crippen LogP contribution in [0.25, 0.3) is 0 Å². The van der Waals surface area contributed by atoms with E-state index in [9.17, 15) is 4.21 Å². The second-order valence-corrected chi connectivity index (χ2v) is 9.99. The molecule has 1 aliphatic heterocycles. The molecule has 1 aliphatic rings. The van der Waals surface area contributed by atoms with Crippen LogP contribution >= 0.6 is 0 Å². The number of nitrogens with one attached hydrogen (secondary N) is 2. The van der Waals surface area contributed by atoms with Crippen LogP contribution in [0.1, 0.15) is 34.1 Å². The van der Waals surface area contributed by atoms with Gasteiger partial charge in [0.25, 0.3) is 0 Å². The summed E-state index contributed by atoms with van der Waals surface area (Å²) in [6, 6.07) is 8.45. The first-order valence-corrected chi connectivity index (χ1v) is 11.0. The van der Waals surface area contributed by atoms with Crippen LogP contribution in [0, 0.1) is 0 Å². The summed E-state index contributed by atoms with van der Waals surface area (Å²) in [5.74, 6) is 2.29. The Morgan fingerprint density at radius 2 is 2.11 bits per heavy atom. The Morgan fingerprint density at radius 1 is 1.37 bits per heavy atom. The summed E-state index contributed by atoms with van der Waals surface area (Å²) in [5.41, 5.74) is 1.13. The number of aliphatic imine (C=N–C) groups is 1. The van der Waals surface area contributed by atoms with Crippen LogP contribution in [0.3, 0.4) is 0 Å². The summed E-state index contributed by atoms with van der Waals surface area (Å²) in [5, 5.41) is 6.82. The van der Waals surface area contributed by atoms with Crippen molar-refractivity contribution in [2.24, 2.45) is 4.99 Å². The molecule has 7 heteroatoms. The van der Waals surface area contributed by atoms with E-state index >= 15 is 0 Å². The third-order valence-electron chi connectivity index (χ3n) is 4.53. The van der Waals surface area contributed by atoms with Gasteiger partial charge in [0.2, 0.25) is 0 Å². The zero-order valence-corrected chi connectivity index (χ0v) is 18.1. The Kier molecular flexibility index (Phi) is 7.95. The average Bonchev–Trinajstić information content (AvgIpc) is 3.09. The van der Waals surface area contributed by atoms with Crippen molar-refractivity contribution in [3.8, 4) is 5.75 Å². The molecule has 2 rings (SSSR count). The summed E-state index contributed by atoms with van der Waals surface area (Å²) < 4.78 is 17.5. The number of rotatable bonds is 7. The molecule has 1 saturated heterocycles. The van der Waals surface area contributed by atoms with Gasteiger partial charge in [-0.2, -0.15) is 0 Å². The molecule has 1 heterocycles. The van der Waals surface area contributed by atoms with Gasteiger partial charge in [-0.25, -0.2) is 0 Å². The monoisotopic (exact) mass is 394 g/mol. The summed E-state index contributed by atoms with van der Waals surface area (Å²) >= 11 is 0. The SMILES string of the molecule is CCNC(=NCCS(=O)C(C)(C)C)NC1CCN(c2ccccc2OC)C1. The van der Waals surface area contributed by atoms with E-state index in [1.807, 2.05) is 39.0 Å². The van der Waals surface area contributed by atoms with Gasteiger partial charge in [0, 0.05) is 47.0 Å². The molecule has 27 heavy (non-hydrogen) atoms. The van der Waals surface area contributed by atoms with Crippen molar-refractivity contribution in [1.29, 1.82) is 0 Å². The van der Waals surface area contributed by atoms with Gasteiger partial charge in [0.1, 0.15) is 5.75 Å². The number of guanidine groups is 1. The van der Waals surface area contributed by atoms with Crippen molar-refractivity contribution in [2.45, 2.75) is 44.9 Å². The Hall–Kier alpha value is -1.76. The van der Waals surface area contributed by atoms with Crippen molar-refractivity contribution < 1.29 is 8.95 Å². The van der Waals surface area contributed by atoms with E-state index in [1.54, 1.807) is 7.11 Å². The average molecular weight is 395 g/mol. The molecule has 2 unspecified atom stereocenters. The minimum Gasteiger partial charge on any atom is -0.495 e. The van der Waals surface area contributed by atoms with Crippen molar-refractivity contribution >= 4 is 22.4 Å². The lowest BCUT2D eigenvalue weighted by atomic mass is 10.2. The van der Waals surface area contributed by atoms with Crippen LogP contribution in [0.5, 0.6) is 5.75 Å². The molecule has 0 aliphatic carbocycles. The molecule has 1 fully saturated rings. The second-order valence-electron chi connectivity index (χ2n) is 7.67. The van der Waals surface area contributed by atoms with Gasteiger partial charge in [-0.1, -0.05) is 12.1 Å². The number of ether oxygens (including phenoxy) is 1. The minimum absolute atomic E-state index is 0.192. The highest BCUT2D eigenvalue weighted by Gasteiger charge is 2.25. The molecule has 2 atom stereocenters. The van der Waals surface area contributed by atoms with Crippen molar-refractivity contribution in [2.75, 3.05) is 43.9 Å². The van der Waals surface area contributed by atoms with Gasteiger partial charge in [-0.05, 0) is 46.2 Å². The van der Waals surface area contributed by atoms with Crippen LogP contribution in [0.4, 0.5) is 5.69 Å². The lowest BCUT2D eigenvalue weighted by molar-refractivity contribution is 0.415. The first-order valence-electron chi connectivity index (χ1n) is 9.66. The standard InChI is InChI=1S/C20H34N4O2S/c1-6-21-19(22-12-14-27(25)20(2,3)4)23-16-11-13-24(15-16)17-9-7-8-10-18(17)26-5/h7-10,16H,6,11-15H2,1-5H3,(H2,21,22,23). The quantitative estimate of drug-likeness (QED) is 0.549. The summed E-state index contributed by atoms with van der Waals surface area (Å²) in [4.78, 5) is 6.96. The van der Waals surface area contributed by atoms with Gasteiger partial charge in [0.15, 0.2) is 5.96 Å². The summed E-state index contributed by atoms with van der Waals surface area (Å²) in [6.45, 7) is 11.3. The molecule has 0 saturated carbocycles. The van der Waals surface area contributed by atoms with Crippen LogP contribution < -0.4 is 20.3 Å². The third kappa shape index (κ3) is 6.41. The zero-order chi connectivity index (χ0) is 19.9. The molecule has 152 valence electrons. The maximum Gasteiger partial charge on any atom is 0.191 e. The van der Waals surface area contributed by atoms with E-state index < -0.39 is 10.8 Å². The number of anilines is 1.